The lowest BCUT2D eigenvalue weighted by atomic mass is 9.83. The molecule has 0 amide bonds. The van der Waals surface area contributed by atoms with Crippen molar-refractivity contribution >= 4 is 27.5 Å². The van der Waals surface area contributed by atoms with Crippen LogP contribution >= 0.6 is 0 Å². The highest BCUT2D eigenvalue weighted by Crippen LogP contribution is 2.46. The summed E-state index contributed by atoms with van der Waals surface area (Å²) in [5.41, 5.74) is 2.12. The van der Waals surface area contributed by atoms with E-state index in [9.17, 15) is 23.1 Å². The second kappa shape index (κ2) is 5.67. The van der Waals surface area contributed by atoms with E-state index in [1.807, 2.05) is 0 Å². The van der Waals surface area contributed by atoms with Crippen molar-refractivity contribution in [2.24, 2.45) is 0 Å². The molecule has 0 bridgehead atoms. The molecule has 7 heteroatoms. The summed E-state index contributed by atoms with van der Waals surface area (Å²) >= 11 is 0. The van der Waals surface area contributed by atoms with Crippen LogP contribution < -0.4 is 4.31 Å². The molecule has 6 nitrogen and oxygen atoms in total. The molecule has 0 saturated carbocycles. The average molecular weight is 371 g/mol. The molecule has 2 aliphatic rings. The van der Waals surface area contributed by atoms with E-state index in [0.717, 1.165) is 5.56 Å². The Balaban J connectivity index is 1.87. The van der Waals surface area contributed by atoms with E-state index >= 15 is 0 Å². The maximum Gasteiger partial charge on any atom is 0.335 e. The van der Waals surface area contributed by atoms with Gasteiger partial charge in [0.05, 0.1) is 16.1 Å². The third-order valence-corrected chi connectivity index (χ3v) is 7.17. The Morgan fingerprint density at radius 2 is 1.92 bits per heavy atom. The maximum absolute atomic E-state index is 13.3. The van der Waals surface area contributed by atoms with Crippen LogP contribution in [0.25, 0.3) is 0 Å². The summed E-state index contributed by atoms with van der Waals surface area (Å²) in [7, 11) is -3.93. The fraction of sp³-hybridized carbons (Fsp3) is 0.263. The molecule has 2 aromatic carbocycles. The molecule has 0 saturated heterocycles. The number of ketones is 1. The van der Waals surface area contributed by atoms with E-state index < -0.39 is 16.0 Å². The highest BCUT2D eigenvalue weighted by atomic mass is 32.2. The number of hydrogen-bond donors (Lipinski definition) is 1. The molecule has 134 valence electrons. The van der Waals surface area contributed by atoms with E-state index in [-0.39, 0.29) is 34.3 Å². The molecular formula is C19H17NO5S. The predicted octanol–water partition coefficient (Wildman–Crippen LogP) is 2.96. The molecule has 0 spiro atoms. The standard InChI is InChI=1S/C19H17NO5S/c1-11-13(19(22)23)4-3-7-17(11)26(24,25)20-10-12-8-9-16(21)14-5-2-6-15(20)18(12)14/h2-7,12H,8-10H2,1H3,(H,22,23). The quantitative estimate of drug-likeness (QED) is 0.896. The molecule has 1 atom stereocenters. The first-order valence-corrected chi connectivity index (χ1v) is 9.78. The molecule has 0 fully saturated rings. The van der Waals surface area contributed by atoms with Crippen LogP contribution in [0, 0.1) is 6.92 Å². The highest BCUT2D eigenvalue weighted by molar-refractivity contribution is 7.93. The topological polar surface area (TPSA) is 91.8 Å². The fourth-order valence-corrected chi connectivity index (χ4v) is 5.76. The molecular weight excluding hydrogens is 354 g/mol. The number of benzene rings is 2. The second-order valence-corrected chi connectivity index (χ2v) is 8.50. The predicted molar refractivity (Wildman–Crippen MR) is 95.4 cm³/mol. The van der Waals surface area contributed by atoms with Gasteiger partial charge in [-0.25, -0.2) is 13.2 Å². The minimum absolute atomic E-state index is 0.00311. The summed E-state index contributed by atoms with van der Waals surface area (Å²) in [6, 6.07) is 9.42. The van der Waals surface area contributed by atoms with Crippen molar-refractivity contribution in [2.45, 2.75) is 30.6 Å². The van der Waals surface area contributed by atoms with Crippen molar-refractivity contribution < 1.29 is 23.1 Å². The fourth-order valence-electron chi connectivity index (χ4n) is 3.98. The number of rotatable bonds is 3. The van der Waals surface area contributed by atoms with Gasteiger partial charge in [-0.3, -0.25) is 9.10 Å². The first kappa shape index (κ1) is 16.8. The van der Waals surface area contributed by atoms with E-state index in [0.29, 0.717) is 24.1 Å². The summed E-state index contributed by atoms with van der Waals surface area (Å²) in [5, 5.41) is 9.29. The van der Waals surface area contributed by atoms with E-state index in [1.54, 1.807) is 18.2 Å². The van der Waals surface area contributed by atoms with Gasteiger partial charge in [-0.1, -0.05) is 18.2 Å². The Morgan fingerprint density at radius 3 is 2.65 bits per heavy atom. The normalized spacial score (nSPS) is 18.7. The minimum atomic E-state index is -3.93. The largest absolute Gasteiger partial charge is 0.478 e. The van der Waals surface area contributed by atoms with Crippen LogP contribution in [0.4, 0.5) is 5.69 Å². The van der Waals surface area contributed by atoms with Gasteiger partial charge < -0.3 is 5.11 Å². The lowest BCUT2D eigenvalue weighted by Crippen LogP contribution is -2.31. The average Bonchev–Trinajstić information content (AvgIpc) is 2.99. The van der Waals surface area contributed by atoms with Crippen LogP contribution in [0.15, 0.2) is 41.3 Å². The van der Waals surface area contributed by atoms with Crippen LogP contribution in [-0.2, 0) is 10.0 Å². The molecule has 0 radical (unpaired) electrons. The SMILES string of the molecule is Cc1c(C(=O)O)cccc1S(=O)(=O)N1CC2CCC(=O)c3cccc1c32. The van der Waals surface area contributed by atoms with E-state index in [4.69, 9.17) is 0 Å². The van der Waals surface area contributed by atoms with Gasteiger partial charge in [0.1, 0.15) is 0 Å². The van der Waals surface area contributed by atoms with E-state index in [2.05, 4.69) is 0 Å². The zero-order chi connectivity index (χ0) is 18.6. The number of Topliss-reactive ketones (excluding diaryl/α,β-unsaturated/α-hetero) is 1. The molecule has 1 unspecified atom stereocenters. The summed E-state index contributed by atoms with van der Waals surface area (Å²) in [5.74, 6) is -1.12. The zero-order valence-electron chi connectivity index (χ0n) is 14.1. The van der Waals surface area contributed by atoms with Crippen LogP contribution in [0.5, 0.6) is 0 Å². The van der Waals surface area contributed by atoms with Gasteiger partial charge in [0.25, 0.3) is 10.0 Å². The lowest BCUT2D eigenvalue weighted by Gasteiger charge is -2.21. The molecule has 1 heterocycles. The van der Waals surface area contributed by atoms with Gasteiger partial charge in [-0.05, 0) is 42.7 Å². The lowest BCUT2D eigenvalue weighted by molar-refractivity contribution is 0.0695. The monoisotopic (exact) mass is 371 g/mol. The first-order chi connectivity index (χ1) is 12.3. The number of carbonyl (C=O) groups excluding carboxylic acids is 1. The Bertz CT molecular complexity index is 1060. The third kappa shape index (κ3) is 2.27. The van der Waals surface area contributed by atoms with Crippen molar-refractivity contribution in [1.82, 2.24) is 0 Å². The Hall–Kier alpha value is -2.67. The summed E-state index contributed by atoms with van der Waals surface area (Å²) in [4.78, 5) is 23.5. The molecule has 1 N–H and O–H groups in total. The highest BCUT2D eigenvalue weighted by Gasteiger charge is 2.41. The molecule has 0 aromatic heterocycles. The van der Waals surface area contributed by atoms with Gasteiger partial charge in [-0.2, -0.15) is 0 Å². The van der Waals surface area contributed by atoms with Gasteiger partial charge in [0.2, 0.25) is 0 Å². The van der Waals surface area contributed by atoms with Gasteiger partial charge in [0, 0.05) is 24.4 Å². The van der Waals surface area contributed by atoms with Crippen LogP contribution in [-0.4, -0.2) is 31.8 Å². The molecule has 2 aromatic rings. The zero-order valence-corrected chi connectivity index (χ0v) is 14.9. The number of sulfonamides is 1. The molecule has 1 aliphatic carbocycles. The number of carbonyl (C=O) groups is 2. The van der Waals surface area contributed by atoms with Crippen LogP contribution in [0.2, 0.25) is 0 Å². The summed E-state index contributed by atoms with van der Waals surface area (Å²) < 4.78 is 28.0. The van der Waals surface area contributed by atoms with Gasteiger partial charge in [-0.15, -0.1) is 0 Å². The van der Waals surface area contributed by atoms with Crippen molar-refractivity contribution in [1.29, 1.82) is 0 Å². The van der Waals surface area contributed by atoms with Crippen molar-refractivity contribution in [2.75, 3.05) is 10.8 Å². The number of carboxylic acid groups (broad SMARTS) is 1. The van der Waals surface area contributed by atoms with E-state index in [1.165, 1.54) is 29.4 Å². The number of carboxylic acids is 1. The number of anilines is 1. The second-order valence-electron chi connectivity index (χ2n) is 6.67. The smallest absolute Gasteiger partial charge is 0.335 e. The summed E-state index contributed by atoms with van der Waals surface area (Å²) in [6.45, 7) is 1.78. The molecule has 4 rings (SSSR count). The molecule has 1 aliphatic heterocycles. The van der Waals surface area contributed by atoms with Crippen molar-refractivity contribution in [3.63, 3.8) is 0 Å². The Morgan fingerprint density at radius 1 is 1.19 bits per heavy atom. The number of aromatic carboxylic acids is 1. The summed E-state index contributed by atoms with van der Waals surface area (Å²) in [6.07, 6.45) is 1.05. The van der Waals surface area contributed by atoms with Crippen molar-refractivity contribution in [3.8, 4) is 0 Å². The van der Waals surface area contributed by atoms with Gasteiger partial charge >= 0.3 is 5.97 Å². The number of nitrogens with zero attached hydrogens (tertiary/aromatic N) is 1. The third-order valence-electron chi connectivity index (χ3n) is 5.25. The maximum atomic E-state index is 13.3. The number of hydrogen-bond acceptors (Lipinski definition) is 4. The van der Waals surface area contributed by atoms with Crippen LogP contribution in [0.3, 0.4) is 0 Å². The van der Waals surface area contributed by atoms with Crippen LogP contribution in [0.1, 0.15) is 50.6 Å². The molecule has 26 heavy (non-hydrogen) atoms. The van der Waals surface area contributed by atoms with Gasteiger partial charge in [0.15, 0.2) is 5.78 Å². The first-order valence-electron chi connectivity index (χ1n) is 8.34. The van der Waals surface area contributed by atoms with Crippen molar-refractivity contribution in [3.05, 3.63) is 58.7 Å². The Labute approximate surface area is 151 Å². The minimum Gasteiger partial charge on any atom is -0.478 e. The Kier molecular flexibility index (Phi) is 3.66.